The van der Waals surface area contributed by atoms with Crippen molar-refractivity contribution < 1.29 is 19.4 Å². The summed E-state index contributed by atoms with van der Waals surface area (Å²) in [4.78, 5) is 28.8. The van der Waals surface area contributed by atoms with E-state index in [1.165, 1.54) is 11.3 Å². The molecule has 0 saturated carbocycles. The van der Waals surface area contributed by atoms with Crippen LogP contribution in [0.1, 0.15) is 21.9 Å². The van der Waals surface area contributed by atoms with Crippen LogP contribution in [0.25, 0.3) is 5.57 Å². The average molecular weight is 294 g/mol. The predicted molar refractivity (Wildman–Crippen MR) is 72.6 cm³/mol. The van der Waals surface area contributed by atoms with Crippen LogP contribution in [-0.4, -0.2) is 53.2 Å². The average Bonchev–Trinajstić information content (AvgIpc) is 2.86. The fourth-order valence-electron chi connectivity index (χ4n) is 2.22. The molecule has 1 amide bonds. The quantitative estimate of drug-likeness (QED) is 0.903. The summed E-state index contributed by atoms with van der Waals surface area (Å²) in [5, 5.41) is 11.1. The van der Waals surface area contributed by atoms with Crippen LogP contribution in [0.2, 0.25) is 0 Å². The van der Waals surface area contributed by atoms with Crippen LogP contribution >= 0.6 is 11.3 Å². The minimum atomic E-state index is -1.01. The molecule has 2 aliphatic heterocycles. The topological polar surface area (TPSA) is 79.7 Å². The van der Waals surface area contributed by atoms with Crippen LogP contribution < -0.4 is 0 Å². The highest BCUT2D eigenvalue weighted by Crippen LogP contribution is 2.26. The zero-order valence-electron chi connectivity index (χ0n) is 10.7. The lowest BCUT2D eigenvalue weighted by atomic mass is 10.0. The molecule has 6 nitrogen and oxygen atoms in total. The predicted octanol–water partition coefficient (Wildman–Crippen LogP) is 1.10. The zero-order valence-corrected chi connectivity index (χ0v) is 11.6. The van der Waals surface area contributed by atoms with Crippen molar-refractivity contribution in [3.8, 4) is 0 Å². The Morgan fingerprint density at radius 1 is 1.45 bits per heavy atom. The largest absolute Gasteiger partial charge is 0.476 e. The lowest BCUT2D eigenvalue weighted by Gasteiger charge is -2.33. The van der Waals surface area contributed by atoms with Crippen molar-refractivity contribution in [2.45, 2.75) is 6.42 Å². The van der Waals surface area contributed by atoms with E-state index in [9.17, 15) is 9.59 Å². The molecule has 7 heteroatoms. The number of aromatic nitrogens is 1. The molecule has 3 rings (SSSR count). The molecule has 0 aliphatic carbocycles. The summed E-state index contributed by atoms with van der Waals surface area (Å²) >= 11 is 1.33. The smallest absolute Gasteiger partial charge is 0.355 e. The maximum Gasteiger partial charge on any atom is 0.355 e. The first kappa shape index (κ1) is 13.3. The van der Waals surface area contributed by atoms with E-state index in [-0.39, 0.29) is 17.5 Å². The van der Waals surface area contributed by atoms with Gasteiger partial charge in [0.1, 0.15) is 5.01 Å². The monoisotopic (exact) mass is 294 g/mol. The number of rotatable bonds is 3. The second-order valence-corrected chi connectivity index (χ2v) is 5.70. The van der Waals surface area contributed by atoms with Gasteiger partial charge in [-0.1, -0.05) is 6.08 Å². The molecular formula is C13H14N2O4S. The minimum Gasteiger partial charge on any atom is -0.476 e. The number of hydrogen-bond donors (Lipinski definition) is 1. The van der Waals surface area contributed by atoms with Gasteiger partial charge in [-0.25, -0.2) is 9.78 Å². The Labute approximate surface area is 119 Å². The van der Waals surface area contributed by atoms with E-state index in [1.54, 1.807) is 5.38 Å². The van der Waals surface area contributed by atoms with Crippen LogP contribution in [0.4, 0.5) is 0 Å². The van der Waals surface area contributed by atoms with Gasteiger partial charge in [0.2, 0.25) is 5.91 Å². The van der Waals surface area contributed by atoms with Gasteiger partial charge in [-0.3, -0.25) is 4.79 Å². The molecule has 1 aromatic heterocycles. The molecule has 0 aromatic carbocycles. The van der Waals surface area contributed by atoms with Crippen molar-refractivity contribution in [1.82, 2.24) is 9.88 Å². The summed E-state index contributed by atoms with van der Waals surface area (Å²) < 4.78 is 5.04. The van der Waals surface area contributed by atoms with E-state index >= 15 is 0 Å². The molecule has 1 aromatic rings. The van der Waals surface area contributed by atoms with E-state index in [0.717, 1.165) is 10.6 Å². The fraction of sp³-hybridized carbons (Fsp3) is 0.462. The summed E-state index contributed by atoms with van der Waals surface area (Å²) in [5.74, 6) is -0.842. The standard InChI is InChI=1S/C13H14N2O4S/c16-12(9-5-19-6-9)15-3-1-8(2-4-15)11-14-10(7-20-11)13(17)18/h1,7,9H,2-6H2,(H,17,18). The number of nitrogens with zero attached hydrogens (tertiary/aromatic N) is 2. The summed E-state index contributed by atoms with van der Waals surface area (Å²) in [5.41, 5.74) is 1.10. The molecule has 20 heavy (non-hydrogen) atoms. The summed E-state index contributed by atoms with van der Waals surface area (Å²) in [6, 6.07) is 0. The summed E-state index contributed by atoms with van der Waals surface area (Å²) in [7, 11) is 0. The van der Waals surface area contributed by atoms with Gasteiger partial charge in [0, 0.05) is 18.5 Å². The van der Waals surface area contributed by atoms with Crippen molar-refractivity contribution in [3.05, 3.63) is 22.2 Å². The van der Waals surface area contributed by atoms with Crippen molar-refractivity contribution >= 4 is 28.8 Å². The first-order valence-corrected chi connectivity index (χ1v) is 7.28. The van der Waals surface area contributed by atoms with Gasteiger partial charge in [-0.05, 0) is 12.0 Å². The number of carboxylic acid groups (broad SMARTS) is 1. The third kappa shape index (κ3) is 2.46. The number of thiazole rings is 1. The number of ether oxygens (including phenoxy) is 1. The van der Waals surface area contributed by atoms with Crippen LogP contribution in [0, 0.1) is 5.92 Å². The fourth-order valence-corrected chi connectivity index (χ4v) is 3.08. The molecule has 3 heterocycles. The summed E-state index contributed by atoms with van der Waals surface area (Å²) in [6.07, 6.45) is 2.68. The van der Waals surface area contributed by atoms with Gasteiger partial charge in [-0.2, -0.15) is 0 Å². The maximum absolute atomic E-state index is 12.0. The van der Waals surface area contributed by atoms with E-state index in [1.807, 2.05) is 11.0 Å². The van der Waals surface area contributed by atoms with E-state index < -0.39 is 5.97 Å². The van der Waals surface area contributed by atoms with Crippen molar-refractivity contribution in [1.29, 1.82) is 0 Å². The third-order valence-electron chi connectivity index (χ3n) is 3.51. The van der Waals surface area contributed by atoms with Crippen molar-refractivity contribution in [3.63, 3.8) is 0 Å². The van der Waals surface area contributed by atoms with Crippen LogP contribution in [-0.2, 0) is 9.53 Å². The Kier molecular flexibility index (Phi) is 3.54. The molecule has 0 atom stereocenters. The number of amides is 1. The maximum atomic E-state index is 12.0. The number of carbonyl (C=O) groups is 2. The first-order chi connectivity index (χ1) is 9.65. The highest BCUT2D eigenvalue weighted by atomic mass is 32.1. The van der Waals surface area contributed by atoms with Gasteiger partial charge in [-0.15, -0.1) is 11.3 Å². The Bertz CT molecular complexity index is 577. The minimum absolute atomic E-state index is 0.0171. The van der Waals surface area contributed by atoms with E-state index in [0.29, 0.717) is 32.7 Å². The lowest BCUT2D eigenvalue weighted by Crippen LogP contribution is -2.46. The van der Waals surface area contributed by atoms with Gasteiger partial charge in [0.25, 0.3) is 0 Å². The van der Waals surface area contributed by atoms with Gasteiger partial charge in [0.05, 0.1) is 19.1 Å². The van der Waals surface area contributed by atoms with Crippen LogP contribution in [0.3, 0.4) is 0 Å². The molecule has 1 fully saturated rings. The molecule has 2 aliphatic rings. The van der Waals surface area contributed by atoms with Gasteiger partial charge >= 0.3 is 5.97 Å². The second-order valence-electron chi connectivity index (χ2n) is 4.84. The highest BCUT2D eigenvalue weighted by Gasteiger charge is 2.31. The first-order valence-electron chi connectivity index (χ1n) is 6.40. The molecule has 1 saturated heterocycles. The van der Waals surface area contributed by atoms with E-state index in [4.69, 9.17) is 9.84 Å². The number of aromatic carboxylic acids is 1. The van der Waals surface area contributed by atoms with Gasteiger partial charge in [0.15, 0.2) is 5.69 Å². The Balaban J connectivity index is 1.66. The molecule has 1 N–H and O–H groups in total. The van der Waals surface area contributed by atoms with Gasteiger partial charge < -0.3 is 14.7 Å². The number of carboxylic acids is 1. The Morgan fingerprint density at radius 2 is 2.25 bits per heavy atom. The Morgan fingerprint density at radius 3 is 2.75 bits per heavy atom. The molecule has 0 radical (unpaired) electrons. The highest BCUT2D eigenvalue weighted by molar-refractivity contribution is 7.11. The number of hydrogen-bond acceptors (Lipinski definition) is 5. The van der Waals surface area contributed by atoms with Crippen molar-refractivity contribution in [2.24, 2.45) is 5.92 Å². The molecule has 0 unspecified atom stereocenters. The van der Waals surface area contributed by atoms with Crippen molar-refractivity contribution in [2.75, 3.05) is 26.3 Å². The Hall–Kier alpha value is -1.73. The summed E-state index contributed by atoms with van der Waals surface area (Å²) in [6.45, 7) is 2.27. The third-order valence-corrected chi connectivity index (χ3v) is 4.42. The molecular weight excluding hydrogens is 280 g/mol. The lowest BCUT2D eigenvalue weighted by molar-refractivity contribution is -0.149. The molecule has 0 bridgehead atoms. The normalized spacial score (nSPS) is 19.4. The molecule has 106 valence electrons. The van der Waals surface area contributed by atoms with Crippen LogP contribution in [0.15, 0.2) is 11.5 Å². The second kappa shape index (κ2) is 5.34. The SMILES string of the molecule is O=C(O)c1csc(C2=CCN(C(=O)C3COC3)CC2)n1. The number of carbonyl (C=O) groups excluding carboxylic acids is 1. The van der Waals surface area contributed by atoms with E-state index in [2.05, 4.69) is 4.98 Å². The zero-order chi connectivity index (χ0) is 14.1. The van der Waals surface area contributed by atoms with Crippen LogP contribution in [0.5, 0.6) is 0 Å². The molecule has 0 spiro atoms.